The zero-order valence-electron chi connectivity index (χ0n) is 10.5. The first-order valence-corrected chi connectivity index (χ1v) is 7.49. The molecule has 0 saturated heterocycles. The number of nitrogens with zero attached hydrogens (tertiary/aromatic N) is 2. The maximum absolute atomic E-state index is 13.0. The average molecular weight is 290 g/mol. The van der Waals surface area contributed by atoms with E-state index in [1.807, 2.05) is 19.2 Å². The predicted molar refractivity (Wildman–Crippen MR) is 78.1 cm³/mol. The Morgan fingerprint density at radius 1 is 1.05 bits per heavy atom. The van der Waals surface area contributed by atoms with Crippen LogP contribution in [0.3, 0.4) is 0 Å². The highest BCUT2D eigenvalue weighted by Gasteiger charge is 2.15. The van der Waals surface area contributed by atoms with Crippen LogP contribution in [-0.4, -0.2) is 9.97 Å². The van der Waals surface area contributed by atoms with Gasteiger partial charge in [0.15, 0.2) is 0 Å². The molecule has 0 aliphatic heterocycles. The van der Waals surface area contributed by atoms with Crippen molar-refractivity contribution in [3.05, 3.63) is 46.2 Å². The quantitative estimate of drug-likeness (QED) is 0.684. The van der Waals surface area contributed by atoms with Gasteiger partial charge in [0, 0.05) is 16.6 Å². The Morgan fingerprint density at radius 2 is 1.79 bits per heavy atom. The lowest BCUT2D eigenvalue weighted by atomic mass is 10.1. The van der Waals surface area contributed by atoms with Crippen LogP contribution in [0, 0.1) is 19.7 Å². The van der Waals surface area contributed by atoms with E-state index in [4.69, 9.17) is 0 Å². The molecule has 0 spiro atoms. The monoisotopic (exact) mass is 290 g/mol. The number of aromatic nitrogens is 2. The van der Waals surface area contributed by atoms with E-state index in [0.29, 0.717) is 0 Å². The van der Waals surface area contributed by atoms with Gasteiger partial charge in [-0.15, -0.1) is 22.7 Å². The van der Waals surface area contributed by atoms with Crippen LogP contribution >= 0.6 is 22.7 Å². The summed E-state index contributed by atoms with van der Waals surface area (Å²) in [6, 6.07) is 6.43. The molecule has 0 bridgehead atoms. The molecule has 0 N–H and O–H groups in total. The van der Waals surface area contributed by atoms with E-state index in [1.165, 1.54) is 12.1 Å². The molecule has 0 radical (unpaired) electrons. The molecule has 19 heavy (non-hydrogen) atoms. The Labute approximate surface area is 118 Å². The van der Waals surface area contributed by atoms with Gasteiger partial charge in [-0.2, -0.15) is 0 Å². The largest absolute Gasteiger partial charge is 0.241 e. The number of aryl methyl sites for hydroxylation is 2. The first-order chi connectivity index (χ1) is 9.13. The van der Waals surface area contributed by atoms with Gasteiger partial charge in [0.2, 0.25) is 0 Å². The number of halogens is 1. The highest BCUT2D eigenvalue weighted by molar-refractivity contribution is 7.21. The molecular weight excluding hydrogens is 279 g/mol. The fourth-order valence-corrected chi connectivity index (χ4v) is 3.66. The summed E-state index contributed by atoms with van der Waals surface area (Å²) in [7, 11) is 0. The summed E-state index contributed by atoms with van der Waals surface area (Å²) in [5, 5.41) is 3.99. The molecule has 0 saturated carbocycles. The van der Waals surface area contributed by atoms with E-state index in [2.05, 4.69) is 9.97 Å². The van der Waals surface area contributed by atoms with Gasteiger partial charge in [-0.25, -0.2) is 14.4 Å². The second-order valence-corrected chi connectivity index (χ2v) is 6.27. The minimum atomic E-state index is -0.234. The van der Waals surface area contributed by atoms with Crippen molar-refractivity contribution in [2.24, 2.45) is 0 Å². The number of hydrogen-bond acceptors (Lipinski definition) is 4. The molecule has 0 aliphatic rings. The van der Waals surface area contributed by atoms with Crippen molar-refractivity contribution in [2.45, 2.75) is 13.8 Å². The van der Waals surface area contributed by atoms with Crippen LogP contribution in [0.5, 0.6) is 0 Å². The highest BCUT2D eigenvalue weighted by Crippen LogP contribution is 2.38. The van der Waals surface area contributed by atoms with Crippen LogP contribution in [0.1, 0.15) is 10.7 Å². The number of thiazole rings is 2. The van der Waals surface area contributed by atoms with Gasteiger partial charge in [-0.05, 0) is 38.1 Å². The van der Waals surface area contributed by atoms with E-state index < -0.39 is 0 Å². The van der Waals surface area contributed by atoms with Crippen LogP contribution < -0.4 is 0 Å². The molecule has 5 heteroatoms. The first-order valence-electron chi connectivity index (χ1n) is 5.79. The molecule has 3 rings (SSSR count). The second-order valence-electron chi connectivity index (χ2n) is 4.21. The van der Waals surface area contributed by atoms with Gasteiger partial charge in [-0.1, -0.05) is 0 Å². The minimum absolute atomic E-state index is 0.234. The predicted octanol–water partition coefficient (Wildman–Crippen LogP) is 4.69. The number of benzene rings is 1. The third-order valence-corrected chi connectivity index (χ3v) is 4.75. The minimum Gasteiger partial charge on any atom is -0.241 e. The summed E-state index contributed by atoms with van der Waals surface area (Å²) >= 11 is 3.24. The van der Waals surface area contributed by atoms with Gasteiger partial charge in [0.1, 0.15) is 10.8 Å². The Balaban J connectivity index is 2.14. The van der Waals surface area contributed by atoms with Crippen molar-refractivity contribution < 1.29 is 4.39 Å². The zero-order chi connectivity index (χ0) is 13.4. The van der Waals surface area contributed by atoms with Gasteiger partial charge in [0.25, 0.3) is 0 Å². The van der Waals surface area contributed by atoms with E-state index in [0.717, 1.165) is 31.8 Å². The Kier molecular flexibility index (Phi) is 3.16. The fraction of sp³-hybridized carbons (Fsp3) is 0.143. The maximum atomic E-state index is 13.0. The van der Waals surface area contributed by atoms with Crippen LogP contribution in [-0.2, 0) is 0 Å². The smallest absolute Gasteiger partial charge is 0.135 e. The molecule has 3 aromatic rings. The van der Waals surface area contributed by atoms with Crippen LogP contribution in [0.4, 0.5) is 4.39 Å². The summed E-state index contributed by atoms with van der Waals surface area (Å²) in [5.74, 6) is -0.234. The van der Waals surface area contributed by atoms with Crippen molar-refractivity contribution in [3.8, 4) is 21.1 Å². The van der Waals surface area contributed by atoms with Crippen molar-refractivity contribution >= 4 is 22.7 Å². The lowest BCUT2D eigenvalue weighted by Crippen LogP contribution is -1.83. The van der Waals surface area contributed by atoms with Crippen LogP contribution in [0.2, 0.25) is 0 Å². The van der Waals surface area contributed by atoms with Crippen LogP contribution in [0.15, 0.2) is 29.6 Å². The second kappa shape index (κ2) is 4.83. The van der Waals surface area contributed by atoms with Gasteiger partial charge in [-0.3, -0.25) is 0 Å². The summed E-state index contributed by atoms with van der Waals surface area (Å²) < 4.78 is 13.0. The molecule has 0 amide bonds. The average Bonchev–Trinajstić information content (AvgIpc) is 2.96. The molecule has 2 heterocycles. The summed E-state index contributed by atoms with van der Waals surface area (Å²) in [5.41, 5.74) is 2.82. The lowest BCUT2D eigenvalue weighted by molar-refractivity contribution is 0.628. The van der Waals surface area contributed by atoms with Gasteiger partial charge in [0.05, 0.1) is 15.6 Å². The SMILES string of the molecule is Cc1csc(-c2sc(C)nc2-c2ccc(F)cc2)n1. The van der Waals surface area contributed by atoms with Gasteiger partial charge < -0.3 is 0 Å². The third kappa shape index (κ3) is 2.43. The number of hydrogen-bond donors (Lipinski definition) is 0. The molecule has 2 aromatic heterocycles. The van der Waals surface area contributed by atoms with E-state index >= 15 is 0 Å². The van der Waals surface area contributed by atoms with Crippen molar-refractivity contribution in [1.29, 1.82) is 0 Å². The van der Waals surface area contributed by atoms with Crippen molar-refractivity contribution in [1.82, 2.24) is 9.97 Å². The first kappa shape index (κ1) is 12.4. The normalized spacial score (nSPS) is 10.9. The Bertz CT molecular complexity index is 713. The molecule has 2 nitrogen and oxygen atoms in total. The summed E-state index contributed by atoms with van der Waals surface area (Å²) in [6.07, 6.45) is 0. The summed E-state index contributed by atoms with van der Waals surface area (Å²) in [6.45, 7) is 3.95. The topological polar surface area (TPSA) is 25.8 Å². The van der Waals surface area contributed by atoms with Crippen molar-refractivity contribution in [2.75, 3.05) is 0 Å². The third-order valence-electron chi connectivity index (χ3n) is 2.67. The standard InChI is InChI=1S/C14H11FN2S2/c1-8-7-18-14(16-8)13-12(17-9(2)19-13)10-3-5-11(15)6-4-10/h3-7H,1-2H3. The van der Waals surface area contributed by atoms with E-state index in [9.17, 15) is 4.39 Å². The zero-order valence-corrected chi connectivity index (χ0v) is 12.1. The van der Waals surface area contributed by atoms with Crippen LogP contribution in [0.25, 0.3) is 21.1 Å². The van der Waals surface area contributed by atoms with Crippen molar-refractivity contribution in [3.63, 3.8) is 0 Å². The summed E-state index contributed by atoms with van der Waals surface area (Å²) in [4.78, 5) is 10.1. The molecule has 0 aliphatic carbocycles. The Hall–Kier alpha value is -1.59. The lowest BCUT2D eigenvalue weighted by Gasteiger charge is -1.99. The Morgan fingerprint density at radius 3 is 2.42 bits per heavy atom. The number of rotatable bonds is 2. The van der Waals surface area contributed by atoms with E-state index in [-0.39, 0.29) is 5.82 Å². The molecular formula is C14H11FN2S2. The molecule has 0 unspecified atom stereocenters. The van der Waals surface area contributed by atoms with Gasteiger partial charge >= 0.3 is 0 Å². The fourth-order valence-electron chi connectivity index (χ4n) is 1.83. The molecule has 96 valence electrons. The molecule has 0 atom stereocenters. The van der Waals surface area contributed by atoms with E-state index in [1.54, 1.807) is 34.8 Å². The molecule has 1 aromatic carbocycles. The highest BCUT2D eigenvalue weighted by atomic mass is 32.1. The molecule has 0 fully saturated rings. The maximum Gasteiger partial charge on any atom is 0.135 e.